The number of benzene rings is 1. The van der Waals surface area contributed by atoms with Crippen LogP contribution in [0.1, 0.15) is 30.7 Å². The Morgan fingerprint density at radius 3 is 2.65 bits per heavy atom. The second-order valence-corrected chi connectivity index (χ2v) is 4.50. The Morgan fingerprint density at radius 1 is 1.41 bits per heavy atom. The van der Waals surface area contributed by atoms with Gasteiger partial charge in [0.05, 0.1) is 7.11 Å². The maximum absolute atomic E-state index is 11.6. The summed E-state index contributed by atoms with van der Waals surface area (Å²) in [5.41, 5.74) is 6.55. The van der Waals surface area contributed by atoms with Crippen LogP contribution in [-0.2, 0) is 9.53 Å². The predicted molar refractivity (Wildman–Crippen MR) is 69.2 cm³/mol. The summed E-state index contributed by atoms with van der Waals surface area (Å²) in [4.78, 5) is 11.6. The molecule has 1 aromatic rings. The molecule has 1 aliphatic rings. The number of hydrogen-bond acceptors (Lipinski definition) is 3. The van der Waals surface area contributed by atoms with E-state index >= 15 is 0 Å². The highest BCUT2D eigenvalue weighted by molar-refractivity contribution is 5.85. The number of halogens is 1. The van der Waals surface area contributed by atoms with Gasteiger partial charge in [-0.3, -0.25) is 4.79 Å². The highest BCUT2D eigenvalue weighted by atomic mass is 35.5. The number of rotatable bonds is 2. The van der Waals surface area contributed by atoms with E-state index < -0.39 is 5.54 Å². The fourth-order valence-electron chi connectivity index (χ4n) is 2.47. The quantitative estimate of drug-likeness (QED) is 0.825. The minimum atomic E-state index is -0.782. The molecular formula is C13H18ClNO2. The Labute approximate surface area is 108 Å². The molecule has 0 saturated heterocycles. The molecule has 1 saturated carbocycles. The molecule has 0 aromatic heterocycles. The molecule has 1 aliphatic carbocycles. The molecule has 0 radical (unpaired) electrons. The molecule has 0 unspecified atom stereocenters. The molecule has 0 amide bonds. The van der Waals surface area contributed by atoms with Gasteiger partial charge in [0.25, 0.3) is 0 Å². The normalized spacial score (nSPS) is 27.3. The molecule has 2 N–H and O–H groups in total. The number of hydrogen-bond donors (Lipinski definition) is 1. The third-order valence-corrected chi connectivity index (χ3v) is 3.41. The Bertz CT molecular complexity index is 382. The van der Waals surface area contributed by atoms with Crippen LogP contribution >= 0.6 is 12.4 Å². The Balaban J connectivity index is 0.00000144. The van der Waals surface area contributed by atoms with Gasteiger partial charge in [0, 0.05) is 0 Å². The van der Waals surface area contributed by atoms with Crippen molar-refractivity contribution in [3.63, 3.8) is 0 Å². The summed E-state index contributed by atoms with van der Waals surface area (Å²) in [7, 11) is 1.40. The van der Waals surface area contributed by atoms with Gasteiger partial charge >= 0.3 is 5.97 Å². The van der Waals surface area contributed by atoms with E-state index in [0.29, 0.717) is 18.8 Å². The van der Waals surface area contributed by atoms with Crippen molar-refractivity contribution in [3.05, 3.63) is 35.9 Å². The van der Waals surface area contributed by atoms with E-state index in [4.69, 9.17) is 10.5 Å². The summed E-state index contributed by atoms with van der Waals surface area (Å²) >= 11 is 0. The van der Waals surface area contributed by atoms with E-state index in [0.717, 1.165) is 6.42 Å². The fourth-order valence-corrected chi connectivity index (χ4v) is 2.47. The first kappa shape index (κ1) is 14.0. The Kier molecular flexibility index (Phi) is 4.54. The molecule has 17 heavy (non-hydrogen) atoms. The van der Waals surface area contributed by atoms with E-state index in [-0.39, 0.29) is 18.4 Å². The lowest BCUT2D eigenvalue weighted by molar-refractivity contribution is -0.146. The molecule has 2 atom stereocenters. The van der Waals surface area contributed by atoms with Gasteiger partial charge in [0.1, 0.15) is 5.54 Å². The molecule has 3 nitrogen and oxygen atoms in total. The average molecular weight is 256 g/mol. The average Bonchev–Trinajstić information content (AvgIpc) is 2.73. The summed E-state index contributed by atoms with van der Waals surface area (Å²) in [6, 6.07) is 10.2. The standard InChI is InChI=1S/C13H17NO2.ClH/c1-16-12(15)13(14)8-7-11(9-13)10-5-3-2-4-6-10;/h2-6,11H,7-9,14H2,1H3;1H/t11-,13-;/m0./s1. The van der Waals surface area contributed by atoms with Gasteiger partial charge in [-0.25, -0.2) is 0 Å². The maximum atomic E-state index is 11.6. The van der Waals surface area contributed by atoms with Crippen LogP contribution in [0.4, 0.5) is 0 Å². The van der Waals surface area contributed by atoms with Crippen LogP contribution in [-0.4, -0.2) is 18.6 Å². The lowest BCUT2D eigenvalue weighted by Crippen LogP contribution is -2.46. The molecule has 94 valence electrons. The van der Waals surface area contributed by atoms with Gasteiger partial charge in [-0.15, -0.1) is 12.4 Å². The predicted octanol–water partition coefficient (Wildman–Crippen LogP) is 2.25. The molecule has 0 bridgehead atoms. The van der Waals surface area contributed by atoms with Gasteiger partial charge in [-0.05, 0) is 30.7 Å². The summed E-state index contributed by atoms with van der Waals surface area (Å²) in [5.74, 6) is 0.0937. The summed E-state index contributed by atoms with van der Waals surface area (Å²) in [5, 5.41) is 0. The molecule has 2 rings (SSSR count). The van der Waals surface area contributed by atoms with Crippen molar-refractivity contribution in [2.75, 3.05) is 7.11 Å². The zero-order chi connectivity index (χ0) is 11.6. The van der Waals surface area contributed by atoms with Crippen LogP contribution in [0, 0.1) is 0 Å². The van der Waals surface area contributed by atoms with Crippen molar-refractivity contribution in [1.82, 2.24) is 0 Å². The third kappa shape index (κ3) is 2.79. The van der Waals surface area contributed by atoms with E-state index in [1.165, 1.54) is 12.7 Å². The monoisotopic (exact) mass is 255 g/mol. The summed E-state index contributed by atoms with van der Waals surface area (Å²) < 4.78 is 4.76. The molecule has 0 spiro atoms. The van der Waals surface area contributed by atoms with Gasteiger partial charge < -0.3 is 10.5 Å². The van der Waals surface area contributed by atoms with E-state index in [9.17, 15) is 4.79 Å². The van der Waals surface area contributed by atoms with E-state index in [2.05, 4.69) is 12.1 Å². The van der Waals surface area contributed by atoms with Gasteiger partial charge in [0.2, 0.25) is 0 Å². The minimum absolute atomic E-state index is 0. The largest absolute Gasteiger partial charge is 0.468 e. The van der Waals surface area contributed by atoms with Crippen molar-refractivity contribution in [3.8, 4) is 0 Å². The first-order valence-electron chi connectivity index (χ1n) is 5.58. The van der Waals surface area contributed by atoms with Crippen LogP contribution < -0.4 is 5.73 Å². The molecule has 0 heterocycles. The first-order chi connectivity index (χ1) is 7.65. The summed E-state index contributed by atoms with van der Waals surface area (Å²) in [6.45, 7) is 0. The van der Waals surface area contributed by atoms with Crippen LogP contribution in [0.15, 0.2) is 30.3 Å². The fraction of sp³-hybridized carbons (Fsp3) is 0.462. The van der Waals surface area contributed by atoms with Gasteiger partial charge in [-0.1, -0.05) is 30.3 Å². The van der Waals surface area contributed by atoms with Gasteiger partial charge in [0.15, 0.2) is 0 Å². The summed E-state index contributed by atoms with van der Waals surface area (Å²) in [6.07, 6.45) is 2.35. The van der Waals surface area contributed by atoms with Crippen LogP contribution in [0.3, 0.4) is 0 Å². The molecule has 0 aliphatic heterocycles. The van der Waals surface area contributed by atoms with Crippen molar-refractivity contribution in [2.24, 2.45) is 5.73 Å². The van der Waals surface area contributed by atoms with Crippen LogP contribution in [0.2, 0.25) is 0 Å². The van der Waals surface area contributed by atoms with Crippen LogP contribution in [0.5, 0.6) is 0 Å². The molecule has 1 fully saturated rings. The zero-order valence-electron chi connectivity index (χ0n) is 9.89. The van der Waals surface area contributed by atoms with Crippen molar-refractivity contribution in [2.45, 2.75) is 30.7 Å². The van der Waals surface area contributed by atoms with Gasteiger partial charge in [-0.2, -0.15) is 0 Å². The Morgan fingerprint density at radius 2 is 2.06 bits per heavy atom. The van der Waals surface area contributed by atoms with Crippen molar-refractivity contribution >= 4 is 18.4 Å². The minimum Gasteiger partial charge on any atom is -0.468 e. The maximum Gasteiger partial charge on any atom is 0.325 e. The number of methoxy groups -OCH3 is 1. The number of ether oxygens (including phenoxy) is 1. The second-order valence-electron chi connectivity index (χ2n) is 4.50. The molecular weight excluding hydrogens is 238 g/mol. The number of carbonyl (C=O) groups is 1. The number of carbonyl (C=O) groups excluding carboxylic acids is 1. The lowest BCUT2D eigenvalue weighted by Gasteiger charge is -2.20. The van der Waals surface area contributed by atoms with E-state index in [1.54, 1.807) is 0 Å². The Hall–Kier alpha value is -1.06. The molecule has 4 heteroatoms. The SMILES string of the molecule is COC(=O)[C@]1(N)CC[C@H](c2ccccc2)C1.Cl. The number of esters is 1. The van der Waals surface area contributed by atoms with Crippen LogP contribution in [0.25, 0.3) is 0 Å². The molecule has 1 aromatic carbocycles. The highest BCUT2D eigenvalue weighted by Gasteiger charge is 2.43. The topological polar surface area (TPSA) is 52.3 Å². The van der Waals surface area contributed by atoms with Crippen molar-refractivity contribution < 1.29 is 9.53 Å². The van der Waals surface area contributed by atoms with E-state index in [1.807, 2.05) is 18.2 Å². The second kappa shape index (κ2) is 5.52. The highest BCUT2D eigenvalue weighted by Crippen LogP contribution is 2.39. The van der Waals surface area contributed by atoms with Crippen molar-refractivity contribution in [1.29, 1.82) is 0 Å². The third-order valence-electron chi connectivity index (χ3n) is 3.41. The lowest BCUT2D eigenvalue weighted by atomic mass is 9.93. The first-order valence-corrected chi connectivity index (χ1v) is 5.58. The smallest absolute Gasteiger partial charge is 0.325 e. The zero-order valence-corrected chi connectivity index (χ0v) is 10.7. The number of nitrogens with two attached hydrogens (primary N) is 1.